The Balaban J connectivity index is 2.65. The normalized spacial score (nSPS) is 10.1. The molecule has 0 amide bonds. The van der Waals surface area contributed by atoms with Crippen LogP contribution in [0, 0.1) is 11.3 Å². The second-order valence-corrected chi connectivity index (χ2v) is 3.72. The van der Waals surface area contributed by atoms with Gasteiger partial charge in [-0.15, -0.1) is 0 Å². The van der Waals surface area contributed by atoms with Crippen LogP contribution in [0.3, 0.4) is 0 Å². The van der Waals surface area contributed by atoms with Crippen molar-refractivity contribution in [1.29, 1.82) is 5.26 Å². The highest BCUT2D eigenvalue weighted by Crippen LogP contribution is 2.14. The van der Waals surface area contributed by atoms with E-state index in [1.54, 1.807) is 7.11 Å². The summed E-state index contributed by atoms with van der Waals surface area (Å²) in [4.78, 5) is 2.13. The molecule has 0 aliphatic rings. The van der Waals surface area contributed by atoms with E-state index in [0.717, 1.165) is 25.3 Å². The SMILES string of the molecule is CCCN(CC#N)Cc1cccc(OC)c1. The van der Waals surface area contributed by atoms with Gasteiger partial charge >= 0.3 is 0 Å². The molecule has 0 aliphatic heterocycles. The lowest BCUT2D eigenvalue weighted by atomic mass is 10.2. The molecule has 0 fully saturated rings. The van der Waals surface area contributed by atoms with E-state index in [4.69, 9.17) is 10.00 Å². The van der Waals surface area contributed by atoms with Crippen molar-refractivity contribution in [2.24, 2.45) is 0 Å². The number of methoxy groups -OCH3 is 1. The molecule has 0 saturated carbocycles. The largest absolute Gasteiger partial charge is 0.497 e. The van der Waals surface area contributed by atoms with Gasteiger partial charge in [0.1, 0.15) is 5.75 Å². The summed E-state index contributed by atoms with van der Waals surface area (Å²) < 4.78 is 5.17. The molecule has 0 aromatic heterocycles. The fraction of sp³-hybridized carbons (Fsp3) is 0.462. The third-order valence-corrected chi connectivity index (χ3v) is 2.37. The van der Waals surface area contributed by atoms with Gasteiger partial charge in [-0.25, -0.2) is 0 Å². The zero-order chi connectivity index (χ0) is 11.8. The average molecular weight is 218 g/mol. The van der Waals surface area contributed by atoms with Gasteiger partial charge in [0.15, 0.2) is 0 Å². The Labute approximate surface area is 97.3 Å². The smallest absolute Gasteiger partial charge is 0.119 e. The Morgan fingerprint density at radius 1 is 1.44 bits per heavy atom. The molecule has 0 saturated heterocycles. The maximum absolute atomic E-state index is 8.73. The molecule has 0 atom stereocenters. The summed E-state index contributed by atoms with van der Waals surface area (Å²) in [5.74, 6) is 0.867. The van der Waals surface area contributed by atoms with Crippen LogP contribution in [0.15, 0.2) is 24.3 Å². The average Bonchev–Trinajstić information content (AvgIpc) is 2.30. The first-order chi connectivity index (χ1) is 7.80. The lowest BCUT2D eigenvalue weighted by Crippen LogP contribution is -2.24. The van der Waals surface area contributed by atoms with Crippen LogP contribution >= 0.6 is 0 Å². The van der Waals surface area contributed by atoms with Crippen LogP contribution in [0.1, 0.15) is 18.9 Å². The zero-order valence-corrected chi connectivity index (χ0v) is 9.94. The molecule has 0 N–H and O–H groups in total. The van der Waals surface area contributed by atoms with E-state index < -0.39 is 0 Å². The summed E-state index contributed by atoms with van der Waals surface area (Å²) in [5.41, 5.74) is 1.18. The molecule has 0 radical (unpaired) electrons. The highest BCUT2D eigenvalue weighted by atomic mass is 16.5. The molecular weight excluding hydrogens is 200 g/mol. The van der Waals surface area contributed by atoms with Gasteiger partial charge in [-0.1, -0.05) is 19.1 Å². The van der Waals surface area contributed by atoms with Crippen LogP contribution in [0.2, 0.25) is 0 Å². The molecule has 1 aromatic carbocycles. The van der Waals surface area contributed by atoms with Crippen LogP contribution in [-0.4, -0.2) is 25.1 Å². The third kappa shape index (κ3) is 3.92. The fourth-order valence-corrected chi connectivity index (χ4v) is 1.66. The molecule has 0 aliphatic carbocycles. The maximum Gasteiger partial charge on any atom is 0.119 e. The standard InChI is InChI=1S/C13H18N2O/c1-3-8-15(9-7-14)11-12-5-4-6-13(10-12)16-2/h4-6,10H,3,8-9,11H2,1-2H3. The Kier molecular flexibility index (Phi) is 5.38. The molecule has 16 heavy (non-hydrogen) atoms. The van der Waals surface area contributed by atoms with E-state index >= 15 is 0 Å². The van der Waals surface area contributed by atoms with Gasteiger partial charge in [0.2, 0.25) is 0 Å². The van der Waals surface area contributed by atoms with Crippen molar-refractivity contribution in [3.8, 4) is 11.8 Å². The lowest BCUT2D eigenvalue weighted by Gasteiger charge is -2.18. The summed E-state index contributed by atoms with van der Waals surface area (Å²) >= 11 is 0. The summed E-state index contributed by atoms with van der Waals surface area (Å²) in [5, 5.41) is 8.73. The Hall–Kier alpha value is -1.53. The monoisotopic (exact) mass is 218 g/mol. The van der Waals surface area contributed by atoms with Crippen LogP contribution < -0.4 is 4.74 Å². The lowest BCUT2D eigenvalue weighted by molar-refractivity contribution is 0.298. The first-order valence-electron chi connectivity index (χ1n) is 5.52. The Bertz CT molecular complexity index is 357. The van der Waals surface area contributed by atoms with Crippen molar-refractivity contribution in [2.75, 3.05) is 20.2 Å². The maximum atomic E-state index is 8.73. The summed E-state index contributed by atoms with van der Waals surface area (Å²) in [6.07, 6.45) is 1.06. The first kappa shape index (κ1) is 12.5. The minimum atomic E-state index is 0.477. The molecule has 0 heterocycles. The molecule has 0 bridgehead atoms. The third-order valence-electron chi connectivity index (χ3n) is 2.37. The van der Waals surface area contributed by atoms with E-state index in [2.05, 4.69) is 24.0 Å². The summed E-state index contributed by atoms with van der Waals surface area (Å²) in [6.45, 7) is 4.35. The molecule has 1 aromatic rings. The molecule has 86 valence electrons. The molecular formula is C13H18N2O. The molecule has 1 rings (SSSR count). The predicted molar refractivity (Wildman–Crippen MR) is 64.2 cm³/mol. The quantitative estimate of drug-likeness (QED) is 0.688. The topological polar surface area (TPSA) is 36.3 Å². The number of hydrogen-bond acceptors (Lipinski definition) is 3. The highest BCUT2D eigenvalue weighted by molar-refractivity contribution is 5.28. The van der Waals surface area contributed by atoms with Crippen LogP contribution in [0.5, 0.6) is 5.75 Å². The van der Waals surface area contributed by atoms with Gasteiger partial charge < -0.3 is 4.74 Å². The minimum Gasteiger partial charge on any atom is -0.497 e. The van der Waals surface area contributed by atoms with Crippen molar-refractivity contribution in [3.63, 3.8) is 0 Å². The van der Waals surface area contributed by atoms with Gasteiger partial charge in [-0.2, -0.15) is 5.26 Å². The Morgan fingerprint density at radius 3 is 2.88 bits per heavy atom. The molecule has 0 unspecified atom stereocenters. The zero-order valence-electron chi connectivity index (χ0n) is 9.94. The highest BCUT2D eigenvalue weighted by Gasteiger charge is 2.04. The molecule has 3 heteroatoms. The van der Waals surface area contributed by atoms with Crippen molar-refractivity contribution in [1.82, 2.24) is 4.90 Å². The number of ether oxygens (including phenoxy) is 1. The van der Waals surface area contributed by atoms with Gasteiger partial charge in [0.05, 0.1) is 19.7 Å². The number of nitriles is 1. The minimum absolute atomic E-state index is 0.477. The van der Waals surface area contributed by atoms with Crippen molar-refractivity contribution < 1.29 is 4.74 Å². The number of benzene rings is 1. The van der Waals surface area contributed by atoms with Crippen LogP contribution in [0.4, 0.5) is 0 Å². The van der Waals surface area contributed by atoms with E-state index in [0.29, 0.717) is 6.54 Å². The van der Waals surface area contributed by atoms with Crippen molar-refractivity contribution in [2.45, 2.75) is 19.9 Å². The first-order valence-corrected chi connectivity index (χ1v) is 5.52. The van der Waals surface area contributed by atoms with E-state index in [-0.39, 0.29) is 0 Å². The molecule has 3 nitrogen and oxygen atoms in total. The molecule has 0 spiro atoms. The van der Waals surface area contributed by atoms with Gasteiger partial charge in [0, 0.05) is 6.54 Å². The van der Waals surface area contributed by atoms with Crippen LogP contribution in [-0.2, 0) is 6.54 Å². The van der Waals surface area contributed by atoms with Crippen LogP contribution in [0.25, 0.3) is 0 Å². The van der Waals surface area contributed by atoms with E-state index in [9.17, 15) is 0 Å². The van der Waals surface area contributed by atoms with Crippen molar-refractivity contribution >= 4 is 0 Å². The number of nitrogens with zero attached hydrogens (tertiary/aromatic N) is 2. The predicted octanol–water partition coefficient (Wildman–Crippen LogP) is 2.43. The summed E-state index contributed by atoms with van der Waals surface area (Å²) in [6, 6.07) is 10.2. The fourth-order valence-electron chi connectivity index (χ4n) is 1.66. The summed E-state index contributed by atoms with van der Waals surface area (Å²) in [7, 11) is 1.66. The van der Waals surface area contributed by atoms with Crippen molar-refractivity contribution in [3.05, 3.63) is 29.8 Å². The number of rotatable bonds is 6. The number of hydrogen-bond donors (Lipinski definition) is 0. The van der Waals surface area contributed by atoms with Gasteiger partial charge in [0.25, 0.3) is 0 Å². The Morgan fingerprint density at radius 2 is 2.25 bits per heavy atom. The second kappa shape index (κ2) is 6.86. The van der Waals surface area contributed by atoms with E-state index in [1.807, 2.05) is 18.2 Å². The van der Waals surface area contributed by atoms with E-state index in [1.165, 1.54) is 5.56 Å². The second-order valence-electron chi connectivity index (χ2n) is 3.72. The van der Waals surface area contributed by atoms with Gasteiger partial charge in [-0.3, -0.25) is 4.90 Å². The van der Waals surface area contributed by atoms with Gasteiger partial charge in [-0.05, 0) is 30.7 Å².